The maximum atomic E-state index is 12.0. The molecule has 1 aromatic heterocycles. The molecule has 18 heavy (non-hydrogen) atoms. The molecule has 0 saturated heterocycles. The second-order valence-electron chi connectivity index (χ2n) is 4.84. The van der Waals surface area contributed by atoms with Gasteiger partial charge in [-0.25, -0.2) is 13.1 Å². The fourth-order valence-corrected chi connectivity index (χ4v) is 4.34. The Bertz CT molecular complexity index is 483. The smallest absolute Gasteiger partial charge is 0.210 e. The lowest BCUT2D eigenvalue weighted by Gasteiger charge is -2.24. The van der Waals surface area contributed by atoms with Gasteiger partial charge >= 0.3 is 0 Å². The first-order valence-corrected chi connectivity index (χ1v) is 8.79. The fourth-order valence-electron chi connectivity index (χ4n) is 1.44. The topological polar surface area (TPSA) is 46.2 Å². The molecule has 0 atom stereocenters. The Kier molecular flexibility index (Phi) is 5.93. The van der Waals surface area contributed by atoms with Crippen LogP contribution < -0.4 is 4.72 Å². The number of alkyl halides is 1. The van der Waals surface area contributed by atoms with Gasteiger partial charge in [-0.15, -0.1) is 22.9 Å². The Morgan fingerprint density at radius 1 is 1.39 bits per heavy atom. The third-order valence-electron chi connectivity index (χ3n) is 2.54. The molecule has 0 spiro atoms. The fraction of sp³-hybridized carbons (Fsp3) is 0.636. The third-order valence-corrected chi connectivity index (χ3v) is 5.93. The Labute approximate surface area is 123 Å². The number of sulfonamides is 1. The minimum absolute atomic E-state index is 0.108. The van der Waals surface area contributed by atoms with Crippen molar-refractivity contribution < 1.29 is 8.42 Å². The summed E-state index contributed by atoms with van der Waals surface area (Å²) in [5.74, 6) is 0.594. The van der Waals surface area contributed by atoms with Gasteiger partial charge in [-0.2, -0.15) is 0 Å². The van der Waals surface area contributed by atoms with Crippen LogP contribution in [-0.4, -0.2) is 20.8 Å². The average molecular weight is 330 g/mol. The Hall–Kier alpha value is 0.190. The first-order chi connectivity index (χ1) is 8.27. The number of hydrogen-bond donors (Lipinski definition) is 1. The minimum Gasteiger partial charge on any atom is -0.210 e. The van der Waals surface area contributed by atoms with Crippen molar-refractivity contribution in [2.75, 3.05) is 12.4 Å². The van der Waals surface area contributed by atoms with E-state index in [4.69, 9.17) is 23.2 Å². The number of hydrogen-bond acceptors (Lipinski definition) is 3. The Balaban J connectivity index is 2.62. The van der Waals surface area contributed by atoms with Crippen LogP contribution in [0.25, 0.3) is 0 Å². The summed E-state index contributed by atoms with van der Waals surface area (Å²) in [5, 5.41) is 0. The highest BCUT2D eigenvalue weighted by Gasteiger charge is 2.22. The molecule has 0 aliphatic carbocycles. The molecular formula is C11H17Cl2NO2S2. The van der Waals surface area contributed by atoms with Gasteiger partial charge in [0, 0.05) is 12.4 Å². The van der Waals surface area contributed by atoms with Crippen LogP contribution >= 0.6 is 34.5 Å². The minimum atomic E-state index is -3.45. The molecule has 0 radical (unpaired) electrons. The SMILES string of the molecule is CC(C)(CCCCl)CNS(=O)(=O)c1ccc(Cl)s1. The highest BCUT2D eigenvalue weighted by atomic mass is 35.5. The molecule has 0 fully saturated rings. The van der Waals surface area contributed by atoms with E-state index in [0.717, 1.165) is 24.2 Å². The number of nitrogens with one attached hydrogen (secondary N) is 1. The molecule has 0 amide bonds. The van der Waals surface area contributed by atoms with E-state index in [1.807, 2.05) is 13.8 Å². The van der Waals surface area contributed by atoms with Crippen LogP contribution in [0, 0.1) is 5.41 Å². The number of rotatable bonds is 7. The van der Waals surface area contributed by atoms with E-state index < -0.39 is 10.0 Å². The van der Waals surface area contributed by atoms with Gasteiger partial charge < -0.3 is 0 Å². The van der Waals surface area contributed by atoms with Gasteiger partial charge in [-0.1, -0.05) is 25.4 Å². The summed E-state index contributed by atoms with van der Waals surface area (Å²) in [6, 6.07) is 3.10. The second-order valence-corrected chi connectivity index (χ2v) is 8.93. The highest BCUT2D eigenvalue weighted by Crippen LogP contribution is 2.27. The number of halogens is 2. The van der Waals surface area contributed by atoms with Crippen molar-refractivity contribution in [2.45, 2.75) is 30.9 Å². The standard InChI is InChI=1S/C11H17Cl2NO2S2/c1-11(2,6-3-7-12)8-14-18(15,16)10-5-4-9(13)17-10/h4-5,14H,3,6-8H2,1-2H3. The van der Waals surface area contributed by atoms with E-state index in [2.05, 4.69) is 4.72 Å². The van der Waals surface area contributed by atoms with E-state index in [1.165, 1.54) is 6.07 Å². The zero-order valence-corrected chi connectivity index (χ0v) is 13.5. The summed E-state index contributed by atoms with van der Waals surface area (Å²) in [7, 11) is -3.45. The molecule has 0 bridgehead atoms. The molecule has 1 N–H and O–H groups in total. The van der Waals surface area contributed by atoms with Crippen LogP contribution in [0.3, 0.4) is 0 Å². The summed E-state index contributed by atoms with van der Waals surface area (Å²) in [5.41, 5.74) is -0.108. The molecule has 0 aliphatic heterocycles. The van der Waals surface area contributed by atoms with Crippen molar-refractivity contribution >= 4 is 44.6 Å². The van der Waals surface area contributed by atoms with Gasteiger partial charge in [0.25, 0.3) is 0 Å². The van der Waals surface area contributed by atoms with Crippen molar-refractivity contribution in [1.82, 2.24) is 4.72 Å². The summed E-state index contributed by atoms with van der Waals surface area (Å²) in [4.78, 5) is 0. The Morgan fingerprint density at radius 2 is 2.06 bits per heavy atom. The van der Waals surface area contributed by atoms with E-state index in [9.17, 15) is 8.42 Å². The summed E-state index contributed by atoms with van der Waals surface area (Å²) in [6.07, 6.45) is 1.76. The zero-order chi connectivity index (χ0) is 13.8. The van der Waals surface area contributed by atoms with Crippen molar-refractivity contribution in [3.05, 3.63) is 16.5 Å². The quantitative estimate of drug-likeness (QED) is 0.775. The van der Waals surface area contributed by atoms with E-state index in [0.29, 0.717) is 16.8 Å². The molecular weight excluding hydrogens is 313 g/mol. The molecule has 0 aliphatic rings. The van der Waals surface area contributed by atoms with E-state index in [-0.39, 0.29) is 9.62 Å². The molecule has 1 aromatic rings. The van der Waals surface area contributed by atoms with Crippen LogP contribution in [0.15, 0.2) is 16.3 Å². The predicted octanol–water partition coefficient (Wildman–Crippen LogP) is 3.73. The van der Waals surface area contributed by atoms with Crippen molar-refractivity contribution in [3.8, 4) is 0 Å². The van der Waals surface area contributed by atoms with Crippen molar-refractivity contribution in [3.63, 3.8) is 0 Å². The lowest BCUT2D eigenvalue weighted by molar-refractivity contribution is 0.331. The number of thiophene rings is 1. The first kappa shape index (κ1) is 16.2. The molecule has 104 valence electrons. The zero-order valence-electron chi connectivity index (χ0n) is 10.4. The summed E-state index contributed by atoms with van der Waals surface area (Å²) in [6.45, 7) is 4.43. The first-order valence-electron chi connectivity index (χ1n) is 5.58. The van der Waals surface area contributed by atoms with Gasteiger partial charge in [0.05, 0.1) is 4.34 Å². The van der Waals surface area contributed by atoms with Gasteiger partial charge in [-0.05, 0) is 30.4 Å². The molecule has 0 unspecified atom stereocenters. The van der Waals surface area contributed by atoms with Crippen LogP contribution in [0.4, 0.5) is 0 Å². The molecule has 0 saturated carbocycles. The maximum absolute atomic E-state index is 12.0. The van der Waals surface area contributed by atoms with Crippen LogP contribution in [-0.2, 0) is 10.0 Å². The van der Waals surface area contributed by atoms with Gasteiger partial charge in [-0.3, -0.25) is 0 Å². The Morgan fingerprint density at radius 3 is 2.56 bits per heavy atom. The lowest BCUT2D eigenvalue weighted by atomic mass is 9.88. The van der Waals surface area contributed by atoms with E-state index in [1.54, 1.807) is 6.07 Å². The molecule has 1 heterocycles. The molecule has 1 rings (SSSR count). The average Bonchev–Trinajstić information content (AvgIpc) is 2.72. The normalized spacial score (nSPS) is 12.9. The third kappa shape index (κ3) is 5.05. The highest BCUT2D eigenvalue weighted by molar-refractivity contribution is 7.91. The van der Waals surface area contributed by atoms with Crippen LogP contribution in [0.2, 0.25) is 4.34 Å². The van der Waals surface area contributed by atoms with Crippen molar-refractivity contribution in [1.29, 1.82) is 0 Å². The molecule has 0 aromatic carbocycles. The van der Waals surface area contributed by atoms with Crippen LogP contribution in [0.5, 0.6) is 0 Å². The molecule has 7 heteroatoms. The van der Waals surface area contributed by atoms with Crippen molar-refractivity contribution in [2.24, 2.45) is 5.41 Å². The summed E-state index contributed by atoms with van der Waals surface area (Å²) < 4.78 is 27.3. The van der Waals surface area contributed by atoms with Gasteiger partial charge in [0.15, 0.2) is 0 Å². The monoisotopic (exact) mass is 329 g/mol. The second kappa shape index (κ2) is 6.57. The van der Waals surface area contributed by atoms with Crippen LogP contribution in [0.1, 0.15) is 26.7 Å². The van der Waals surface area contributed by atoms with E-state index >= 15 is 0 Å². The van der Waals surface area contributed by atoms with Gasteiger partial charge in [0.2, 0.25) is 10.0 Å². The summed E-state index contributed by atoms with van der Waals surface area (Å²) >= 11 is 12.4. The largest absolute Gasteiger partial charge is 0.250 e. The molecule has 3 nitrogen and oxygen atoms in total. The maximum Gasteiger partial charge on any atom is 0.250 e. The van der Waals surface area contributed by atoms with Gasteiger partial charge in [0.1, 0.15) is 4.21 Å². The lowest BCUT2D eigenvalue weighted by Crippen LogP contribution is -2.33. The predicted molar refractivity (Wildman–Crippen MR) is 78.3 cm³/mol.